The second-order valence-corrected chi connectivity index (χ2v) is 5.57. The number of hydrogen-bond acceptors (Lipinski definition) is 5. The van der Waals surface area contributed by atoms with E-state index in [1.54, 1.807) is 11.3 Å². The number of aromatic nitrogens is 2. The molecule has 4 nitrogen and oxygen atoms in total. The van der Waals surface area contributed by atoms with Gasteiger partial charge in [0.1, 0.15) is 4.83 Å². The summed E-state index contributed by atoms with van der Waals surface area (Å²) in [5.41, 5.74) is 0. The number of thiophene rings is 1. The minimum atomic E-state index is 0.628. The predicted molar refractivity (Wildman–Crippen MR) is 74.4 cm³/mol. The summed E-state index contributed by atoms with van der Waals surface area (Å²) in [6, 6.07) is 2.03. The first-order valence-corrected chi connectivity index (χ1v) is 7.30. The van der Waals surface area contributed by atoms with Gasteiger partial charge in [-0.1, -0.05) is 19.3 Å². The lowest BCUT2D eigenvalue weighted by atomic mass is 9.83. The molecule has 0 saturated heterocycles. The van der Waals surface area contributed by atoms with Crippen molar-refractivity contribution in [3.8, 4) is 5.88 Å². The molecular weight excluding hydrogens is 246 g/mol. The summed E-state index contributed by atoms with van der Waals surface area (Å²) in [4.78, 5) is 9.78. The summed E-state index contributed by atoms with van der Waals surface area (Å²) in [5, 5.41) is 6.02. The maximum atomic E-state index is 5.84. The van der Waals surface area contributed by atoms with Gasteiger partial charge in [0.25, 0.3) is 0 Å². The van der Waals surface area contributed by atoms with Crippen molar-refractivity contribution in [3.63, 3.8) is 0 Å². The zero-order chi connectivity index (χ0) is 12.4. The Labute approximate surface area is 110 Å². The molecule has 2 aromatic heterocycles. The molecule has 1 aliphatic carbocycles. The van der Waals surface area contributed by atoms with Gasteiger partial charge in [-0.2, -0.15) is 4.98 Å². The molecule has 0 atom stereocenters. The monoisotopic (exact) mass is 263 g/mol. The Morgan fingerprint density at radius 3 is 3.06 bits per heavy atom. The standard InChI is InChI=1S/C13H17N3OS/c1-14-13-15-11(10-6-8-18-12(10)16-13)17-7-5-9-3-2-4-9/h6,8-9H,2-5,7H2,1H3,(H,14,15,16). The van der Waals surface area contributed by atoms with E-state index in [2.05, 4.69) is 15.3 Å². The number of hydrogen-bond donors (Lipinski definition) is 1. The second-order valence-electron chi connectivity index (χ2n) is 4.68. The molecule has 2 aromatic rings. The third-order valence-electron chi connectivity index (χ3n) is 3.50. The van der Waals surface area contributed by atoms with Crippen LogP contribution in [0.1, 0.15) is 25.7 Å². The van der Waals surface area contributed by atoms with Crippen molar-refractivity contribution in [2.24, 2.45) is 5.92 Å². The zero-order valence-electron chi connectivity index (χ0n) is 10.5. The zero-order valence-corrected chi connectivity index (χ0v) is 11.3. The van der Waals surface area contributed by atoms with Crippen LogP contribution in [0.25, 0.3) is 10.2 Å². The summed E-state index contributed by atoms with van der Waals surface area (Å²) in [5.74, 6) is 2.21. The van der Waals surface area contributed by atoms with Crippen molar-refractivity contribution in [1.29, 1.82) is 0 Å². The van der Waals surface area contributed by atoms with E-state index in [-0.39, 0.29) is 0 Å². The Morgan fingerprint density at radius 2 is 2.33 bits per heavy atom. The quantitative estimate of drug-likeness (QED) is 0.899. The molecule has 0 radical (unpaired) electrons. The van der Waals surface area contributed by atoms with Crippen LogP contribution in [0.5, 0.6) is 5.88 Å². The van der Waals surface area contributed by atoms with E-state index in [9.17, 15) is 0 Å². The highest BCUT2D eigenvalue weighted by Crippen LogP contribution is 2.31. The van der Waals surface area contributed by atoms with Crippen molar-refractivity contribution in [2.75, 3.05) is 19.0 Å². The van der Waals surface area contributed by atoms with Crippen LogP contribution >= 0.6 is 11.3 Å². The molecule has 2 heterocycles. The van der Waals surface area contributed by atoms with E-state index in [4.69, 9.17) is 4.74 Å². The highest BCUT2D eigenvalue weighted by Gasteiger charge is 2.17. The molecule has 0 amide bonds. The maximum Gasteiger partial charge on any atom is 0.227 e. The normalized spacial score (nSPS) is 15.6. The Morgan fingerprint density at radius 1 is 1.44 bits per heavy atom. The molecule has 5 heteroatoms. The largest absolute Gasteiger partial charge is 0.477 e. The van der Waals surface area contributed by atoms with Crippen LogP contribution in [0.2, 0.25) is 0 Å². The fourth-order valence-corrected chi connectivity index (χ4v) is 2.91. The van der Waals surface area contributed by atoms with Crippen LogP contribution in [0.4, 0.5) is 5.95 Å². The van der Waals surface area contributed by atoms with Crippen molar-refractivity contribution < 1.29 is 4.74 Å². The second kappa shape index (κ2) is 5.10. The predicted octanol–water partition coefficient (Wildman–Crippen LogP) is 3.30. The highest BCUT2D eigenvalue weighted by atomic mass is 32.1. The molecule has 96 valence electrons. The van der Waals surface area contributed by atoms with Crippen molar-refractivity contribution in [1.82, 2.24) is 9.97 Å². The number of nitrogens with one attached hydrogen (secondary N) is 1. The Bertz CT molecular complexity index is 536. The Hall–Kier alpha value is -1.36. The van der Waals surface area contributed by atoms with Gasteiger partial charge in [0.15, 0.2) is 0 Å². The van der Waals surface area contributed by atoms with E-state index in [1.165, 1.54) is 19.3 Å². The van der Waals surface area contributed by atoms with Gasteiger partial charge < -0.3 is 10.1 Å². The fourth-order valence-electron chi connectivity index (χ4n) is 2.15. The first-order chi connectivity index (χ1) is 8.86. The van der Waals surface area contributed by atoms with Gasteiger partial charge in [0, 0.05) is 7.05 Å². The lowest BCUT2D eigenvalue weighted by molar-refractivity contribution is 0.219. The number of rotatable bonds is 5. The van der Waals surface area contributed by atoms with E-state index < -0.39 is 0 Å². The average molecular weight is 263 g/mol. The van der Waals surface area contributed by atoms with Crippen molar-refractivity contribution in [3.05, 3.63) is 11.4 Å². The SMILES string of the molecule is CNc1nc(OCCC2CCC2)c2ccsc2n1. The first-order valence-electron chi connectivity index (χ1n) is 6.42. The molecule has 0 spiro atoms. The topological polar surface area (TPSA) is 47.0 Å². The Kier molecular flexibility index (Phi) is 3.32. The molecule has 1 fully saturated rings. The van der Waals surface area contributed by atoms with Crippen LogP contribution in [0, 0.1) is 5.92 Å². The van der Waals surface area contributed by atoms with E-state index in [0.717, 1.165) is 29.2 Å². The minimum Gasteiger partial charge on any atom is -0.477 e. The third-order valence-corrected chi connectivity index (χ3v) is 4.31. The summed E-state index contributed by atoms with van der Waals surface area (Å²) < 4.78 is 5.84. The van der Waals surface area contributed by atoms with Gasteiger partial charge in [-0.25, -0.2) is 4.98 Å². The van der Waals surface area contributed by atoms with Gasteiger partial charge >= 0.3 is 0 Å². The van der Waals surface area contributed by atoms with Crippen LogP contribution in [0.15, 0.2) is 11.4 Å². The molecule has 0 unspecified atom stereocenters. The molecular formula is C13H17N3OS. The average Bonchev–Trinajstić information content (AvgIpc) is 2.80. The smallest absolute Gasteiger partial charge is 0.227 e. The van der Waals surface area contributed by atoms with Gasteiger partial charge in [0.05, 0.1) is 12.0 Å². The van der Waals surface area contributed by atoms with E-state index >= 15 is 0 Å². The van der Waals surface area contributed by atoms with Crippen LogP contribution in [-0.4, -0.2) is 23.6 Å². The summed E-state index contributed by atoms with van der Waals surface area (Å²) >= 11 is 1.62. The van der Waals surface area contributed by atoms with Crippen molar-refractivity contribution >= 4 is 27.5 Å². The summed E-state index contributed by atoms with van der Waals surface area (Å²) in [7, 11) is 1.83. The molecule has 18 heavy (non-hydrogen) atoms. The lowest BCUT2D eigenvalue weighted by Crippen LogP contribution is -2.15. The van der Waals surface area contributed by atoms with Crippen LogP contribution in [-0.2, 0) is 0 Å². The highest BCUT2D eigenvalue weighted by molar-refractivity contribution is 7.16. The van der Waals surface area contributed by atoms with Crippen LogP contribution < -0.4 is 10.1 Å². The molecule has 0 aliphatic heterocycles. The van der Waals surface area contributed by atoms with Gasteiger partial charge in [0.2, 0.25) is 11.8 Å². The number of fused-ring (bicyclic) bond motifs is 1. The lowest BCUT2D eigenvalue weighted by Gasteiger charge is -2.24. The number of anilines is 1. The molecule has 1 aliphatic rings. The third kappa shape index (κ3) is 2.27. The Balaban J connectivity index is 1.74. The molecule has 1 saturated carbocycles. The summed E-state index contributed by atoms with van der Waals surface area (Å²) in [6.45, 7) is 0.760. The van der Waals surface area contributed by atoms with Gasteiger partial charge in [-0.3, -0.25) is 0 Å². The first kappa shape index (κ1) is 11.7. The number of nitrogens with zero attached hydrogens (tertiary/aromatic N) is 2. The van der Waals surface area contributed by atoms with Crippen LogP contribution in [0.3, 0.4) is 0 Å². The molecule has 0 bridgehead atoms. The fraction of sp³-hybridized carbons (Fsp3) is 0.538. The molecule has 3 rings (SSSR count). The van der Waals surface area contributed by atoms with E-state index in [0.29, 0.717) is 11.8 Å². The molecule has 1 N–H and O–H groups in total. The van der Waals surface area contributed by atoms with Gasteiger partial charge in [-0.15, -0.1) is 11.3 Å². The van der Waals surface area contributed by atoms with Crippen molar-refractivity contribution in [2.45, 2.75) is 25.7 Å². The maximum absolute atomic E-state index is 5.84. The minimum absolute atomic E-state index is 0.628. The van der Waals surface area contributed by atoms with E-state index in [1.807, 2.05) is 18.5 Å². The molecule has 0 aromatic carbocycles. The van der Waals surface area contributed by atoms with Gasteiger partial charge in [-0.05, 0) is 23.8 Å². The summed E-state index contributed by atoms with van der Waals surface area (Å²) in [6.07, 6.45) is 5.26. The number of ether oxygens (including phenoxy) is 1.